The van der Waals surface area contributed by atoms with Crippen LogP contribution in [-0.4, -0.2) is 156 Å². The van der Waals surface area contributed by atoms with Crippen molar-refractivity contribution < 1.29 is 78.2 Å². The number of carbonyl (C=O) groups excluding carboxylic acids is 3. The number of aliphatic hydroxyl groups excluding tert-OH is 6. The van der Waals surface area contributed by atoms with Crippen LogP contribution in [0.1, 0.15) is 0 Å². The molecule has 16 nitrogen and oxygen atoms in total. The number of hydrogen-bond donors (Lipinski definition) is 6. The van der Waals surface area contributed by atoms with Crippen molar-refractivity contribution in [3.63, 3.8) is 0 Å². The van der Waals surface area contributed by atoms with Crippen molar-refractivity contribution in [1.29, 1.82) is 0 Å². The number of carbonyl (C=O) groups is 3. The van der Waals surface area contributed by atoms with Crippen molar-refractivity contribution in [3.05, 3.63) is 0 Å². The molecule has 3 aliphatic rings. The fraction of sp³-hybridized carbons (Fsp3) is 0.850. The molecule has 0 saturated carbocycles. The Balaban J connectivity index is 1.74. The van der Waals surface area contributed by atoms with E-state index in [1.165, 1.54) is 7.11 Å². The Hall–Kier alpha value is -1.51. The summed E-state index contributed by atoms with van der Waals surface area (Å²) in [6, 6.07) is 0. The molecule has 3 rings (SSSR count). The van der Waals surface area contributed by atoms with E-state index in [1.807, 2.05) is 0 Å². The smallest absolute Gasteiger partial charge is 0.221 e. The number of Topliss-reactive ketones (excluding diaryl/α,β-unsaturated/α-hetero) is 3. The molecule has 3 fully saturated rings. The normalized spacial score (nSPS) is 44.2. The maximum Gasteiger partial charge on any atom is 0.221 e. The minimum Gasteiger partial charge on any atom is -0.394 e. The molecule has 16 heteroatoms. The topological polar surface area (TPSA) is 237 Å². The van der Waals surface area contributed by atoms with Gasteiger partial charge in [0.25, 0.3) is 0 Å². The Morgan fingerprint density at radius 1 is 0.639 bits per heavy atom. The van der Waals surface area contributed by atoms with Crippen LogP contribution in [0.3, 0.4) is 0 Å². The summed E-state index contributed by atoms with van der Waals surface area (Å²) in [5.74, 6) is -3.15. The molecule has 12 atom stereocenters. The van der Waals surface area contributed by atoms with Gasteiger partial charge in [-0.3, -0.25) is 14.4 Å². The molecule has 0 aliphatic carbocycles. The molecule has 3 aliphatic heterocycles. The Kier molecular flexibility index (Phi) is 9.97. The van der Waals surface area contributed by atoms with E-state index < -0.39 is 111 Å². The third-order valence-corrected chi connectivity index (χ3v) is 6.05. The molecular weight excluding hydrogens is 496 g/mol. The van der Waals surface area contributed by atoms with Crippen LogP contribution < -0.4 is 0 Å². The monoisotopic (exact) mass is 526 g/mol. The lowest BCUT2D eigenvalue weighted by Gasteiger charge is -2.43. The van der Waals surface area contributed by atoms with Gasteiger partial charge in [0.2, 0.25) is 12.1 Å². The lowest BCUT2D eigenvalue weighted by atomic mass is 9.98. The van der Waals surface area contributed by atoms with Crippen molar-refractivity contribution in [2.75, 3.05) is 34.0 Å². The summed E-state index contributed by atoms with van der Waals surface area (Å²) in [5.41, 5.74) is 0. The van der Waals surface area contributed by atoms with Gasteiger partial charge in [0.05, 0.1) is 19.8 Å². The molecule has 206 valence electrons. The number of methoxy groups -OCH3 is 2. The molecule has 12 unspecified atom stereocenters. The van der Waals surface area contributed by atoms with Crippen LogP contribution in [0.15, 0.2) is 0 Å². The largest absolute Gasteiger partial charge is 0.394 e. The molecule has 0 spiro atoms. The highest BCUT2D eigenvalue weighted by molar-refractivity contribution is 5.91. The predicted molar refractivity (Wildman–Crippen MR) is 108 cm³/mol. The molecule has 0 aromatic carbocycles. The van der Waals surface area contributed by atoms with E-state index in [0.717, 1.165) is 7.11 Å². The average Bonchev–Trinajstić information content (AvgIpc) is 2.88. The van der Waals surface area contributed by atoms with Gasteiger partial charge in [0, 0.05) is 14.2 Å². The zero-order chi connectivity index (χ0) is 26.7. The van der Waals surface area contributed by atoms with E-state index in [9.17, 15) is 45.0 Å². The van der Waals surface area contributed by atoms with Crippen molar-refractivity contribution in [2.45, 2.75) is 73.8 Å². The lowest BCUT2D eigenvalue weighted by Crippen LogP contribution is -2.64. The second kappa shape index (κ2) is 12.4. The van der Waals surface area contributed by atoms with Crippen molar-refractivity contribution in [2.24, 2.45) is 0 Å². The van der Waals surface area contributed by atoms with Crippen molar-refractivity contribution in [1.82, 2.24) is 0 Å². The van der Waals surface area contributed by atoms with E-state index in [-0.39, 0.29) is 0 Å². The van der Waals surface area contributed by atoms with Gasteiger partial charge < -0.3 is 63.8 Å². The van der Waals surface area contributed by atoms with Crippen molar-refractivity contribution >= 4 is 17.3 Å². The Morgan fingerprint density at radius 3 is 1.64 bits per heavy atom. The highest BCUT2D eigenvalue weighted by Gasteiger charge is 2.53. The molecule has 0 aromatic rings. The van der Waals surface area contributed by atoms with Gasteiger partial charge in [-0.2, -0.15) is 0 Å². The zero-order valence-corrected chi connectivity index (χ0v) is 19.3. The van der Waals surface area contributed by atoms with Gasteiger partial charge in [-0.1, -0.05) is 0 Å². The maximum absolute atomic E-state index is 12.9. The van der Waals surface area contributed by atoms with Crippen LogP contribution in [-0.2, 0) is 47.5 Å². The molecule has 36 heavy (non-hydrogen) atoms. The minimum absolute atomic E-state index is 0.668. The van der Waals surface area contributed by atoms with Crippen LogP contribution in [0.2, 0.25) is 0 Å². The fourth-order valence-electron chi connectivity index (χ4n) is 4.10. The van der Waals surface area contributed by atoms with E-state index in [1.54, 1.807) is 0 Å². The Labute approximate surface area is 204 Å². The predicted octanol–water partition coefficient (Wildman–Crippen LogP) is -5.64. The van der Waals surface area contributed by atoms with Gasteiger partial charge in [-0.15, -0.1) is 0 Å². The molecule has 6 N–H and O–H groups in total. The molecule has 0 amide bonds. The third kappa shape index (κ3) is 5.51. The first-order valence-corrected chi connectivity index (χ1v) is 10.9. The van der Waals surface area contributed by atoms with Crippen LogP contribution >= 0.6 is 0 Å². The van der Waals surface area contributed by atoms with Crippen LogP contribution in [0.25, 0.3) is 0 Å². The van der Waals surface area contributed by atoms with Gasteiger partial charge >= 0.3 is 0 Å². The molecular formula is C20H30O16. The zero-order valence-electron chi connectivity index (χ0n) is 19.3. The number of rotatable bonds is 9. The second-order valence-corrected chi connectivity index (χ2v) is 8.23. The second-order valence-electron chi connectivity index (χ2n) is 8.23. The summed E-state index contributed by atoms with van der Waals surface area (Å²) in [7, 11) is 2.34. The highest BCUT2D eigenvalue weighted by atomic mass is 16.8. The first-order valence-electron chi connectivity index (χ1n) is 10.9. The Morgan fingerprint density at radius 2 is 1.14 bits per heavy atom. The van der Waals surface area contributed by atoms with E-state index >= 15 is 0 Å². The maximum atomic E-state index is 12.9. The highest BCUT2D eigenvalue weighted by Crippen LogP contribution is 2.29. The van der Waals surface area contributed by atoms with Gasteiger partial charge in [0.1, 0.15) is 30.5 Å². The lowest BCUT2D eigenvalue weighted by molar-refractivity contribution is -0.314. The summed E-state index contributed by atoms with van der Waals surface area (Å²) >= 11 is 0. The summed E-state index contributed by atoms with van der Waals surface area (Å²) < 4.78 is 36.4. The first kappa shape index (κ1) is 29.1. The molecule has 0 radical (unpaired) electrons. The summed E-state index contributed by atoms with van der Waals surface area (Å²) in [6.45, 7) is -2.31. The van der Waals surface area contributed by atoms with E-state index in [4.69, 9.17) is 33.2 Å². The summed E-state index contributed by atoms with van der Waals surface area (Å²) in [4.78, 5) is 37.9. The summed E-state index contributed by atoms with van der Waals surface area (Å²) in [5, 5.41) is 59.5. The number of ether oxygens (including phenoxy) is 7. The SMILES string of the molecule is COC1OC(CO)C(OC2OC(CO)C(OC3OC(CO)C(OC)C(O)C3=O)C(=O)C2O)C(=O)C1O. The Bertz CT molecular complexity index is 792. The number of ketones is 3. The molecule has 0 bridgehead atoms. The van der Waals surface area contributed by atoms with Gasteiger partial charge in [0.15, 0.2) is 48.6 Å². The van der Waals surface area contributed by atoms with Gasteiger partial charge in [-0.05, 0) is 0 Å². The van der Waals surface area contributed by atoms with Crippen LogP contribution in [0, 0.1) is 0 Å². The van der Waals surface area contributed by atoms with Crippen molar-refractivity contribution in [3.8, 4) is 0 Å². The van der Waals surface area contributed by atoms with E-state index in [0.29, 0.717) is 0 Å². The van der Waals surface area contributed by atoms with Crippen LogP contribution in [0.4, 0.5) is 0 Å². The number of aliphatic hydroxyl groups is 6. The average molecular weight is 526 g/mol. The van der Waals surface area contributed by atoms with Gasteiger partial charge in [-0.25, -0.2) is 0 Å². The van der Waals surface area contributed by atoms with E-state index in [2.05, 4.69) is 0 Å². The standard InChI is InChI=1S/C20H30O16/c1-30-15-6(3-21)33-19(13(28)9(15)24)36-17-8(5-23)34-20(14(29)11(17)26)35-16-7(4-22)32-18(31-2)12(27)10(16)25/h6-9,12,14-24,27,29H,3-5H2,1-2H3. The minimum atomic E-state index is -2.12. The quantitative estimate of drug-likeness (QED) is 0.164. The molecule has 3 saturated heterocycles. The fourth-order valence-corrected chi connectivity index (χ4v) is 4.10. The summed E-state index contributed by atoms with van der Waals surface area (Å²) in [6.07, 6.45) is -19.6. The molecule has 3 heterocycles. The molecule has 0 aromatic heterocycles. The third-order valence-electron chi connectivity index (χ3n) is 6.05. The number of hydrogen-bond acceptors (Lipinski definition) is 16. The first-order chi connectivity index (χ1) is 17.1. The van der Waals surface area contributed by atoms with Crippen LogP contribution in [0.5, 0.6) is 0 Å².